The molecular weight excluding hydrogens is 200 g/mol. The molecule has 0 aliphatic heterocycles. The maximum Gasteiger partial charge on any atom is 0.205 e. The highest BCUT2D eigenvalue weighted by Gasteiger charge is 2.19. The van der Waals surface area contributed by atoms with Crippen molar-refractivity contribution in [3.05, 3.63) is 0 Å². The zero-order valence-electron chi connectivity index (χ0n) is 10.6. The summed E-state index contributed by atoms with van der Waals surface area (Å²) in [6.07, 6.45) is 6.74. The largest absolute Gasteiger partial charge is 0.356 e. The molecule has 0 unspecified atom stereocenters. The second-order valence-corrected chi connectivity index (χ2v) is 4.66. The highest BCUT2D eigenvalue weighted by Crippen LogP contribution is 2.30. The quantitative estimate of drug-likeness (QED) is 0.295. The Kier molecular flexibility index (Phi) is 6.23. The number of nitrogens with zero attached hydrogens (tertiary/aromatic N) is 1. The molecule has 4 heteroatoms. The van der Waals surface area contributed by atoms with Crippen LogP contribution in [0.5, 0.6) is 0 Å². The summed E-state index contributed by atoms with van der Waals surface area (Å²) >= 11 is 0. The van der Waals surface area contributed by atoms with Gasteiger partial charge in [-0.15, -0.1) is 0 Å². The number of nitrogens with one attached hydrogen (secondary N) is 2. The molecule has 0 aromatic rings. The molecule has 1 fully saturated rings. The monoisotopic (exact) mass is 226 g/mol. The van der Waals surface area contributed by atoms with Crippen molar-refractivity contribution in [1.82, 2.24) is 10.7 Å². The molecule has 1 aliphatic carbocycles. The number of guanidine groups is 1. The molecule has 0 spiro atoms. The van der Waals surface area contributed by atoms with E-state index in [2.05, 4.69) is 22.7 Å². The summed E-state index contributed by atoms with van der Waals surface area (Å²) in [6.45, 7) is 6.10. The molecule has 4 N–H and O–H groups in total. The molecule has 0 bridgehead atoms. The minimum Gasteiger partial charge on any atom is -0.356 e. The van der Waals surface area contributed by atoms with Gasteiger partial charge in [0.25, 0.3) is 0 Å². The van der Waals surface area contributed by atoms with Crippen LogP contribution in [0.1, 0.15) is 46.0 Å². The first kappa shape index (κ1) is 13.3. The summed E-state index contributed by atoms with van der Waals surface area (Å²) in [7, 11) is 0. The van der Waals surface area contributed by atoms with Gasteiger partial charge in [-0.2, -0.15) is 0 Å². The molecule has 0 aromatic heterocycles. The molecule has 0 radical (unpaired) electrons. The fourth-order valence-corrected chi connectivity index (χ4v) is 2.36. The first-order valence-corrected chi connectivity index (χ1v) is 6.55. The molecule has 0 amide bonds. The van der Waals surface area contributed by atoms with Crippen LogP contribution in [0.3, 0.4) is 0 Å². The smallest absolute Gasteiger partial charge is 0.205 e. The van der Waals surface area contributed by atoms with Crippen LogP contribution >= 0.6 is 0 Å². The first-order valence-electron chi connectivity index (χ1n) is 6.55. The van der Waals surface area contributed by atoms with Crippen molar-refractivity contribution in [3.8, 4) is 0 Å². The number of hydrogen-bond acceptors (Lipinski definition) is 2. The van der Waals surface area contributed by atoms with Crippen LogP contribution < -0.4 is 16.6 Å². The highest BCUT2D eigenvalue weighted by molar-refractivity contribution is 5.79. The maximum absolute atomic E-state index is 5.37. The normalized spacial score (nSPS) is 26.6. The molecular formula is C12H26N4. The van der Waals surface area contributed by atoms with E-state index in [1.165, 1.54) is 32.1 Å². The van der Waals surface area contributed by atoms with Gasteiger partial charge in [0.2, 0.25) is 5.96 Å². The molecule has 16 heavy (non-hydrogen) atoms. The molecule has 4 nitrogen and oxygen atoms in total. The average molecular weight is 226 g/mol. The highest BCUT2D eigenvalue weighted by atomic mass is 15.3. The fourth-order valence-electron chi connectivity index (χ4n) is 2.36. The predicted octanol–water partition coefficient (Wildman–Crippen LogP) is 1.63. The van der Waals surface area contributed by atoms with Crippen LogP contribution in [0.25, 0.3) is 0 Å². The minimum absolute atomic E-state index is 0.722. The van der Waals surface area contributed by atoms with Crippen LogP contribution in [-0.2, 0) is 0 Å². The number of hydrazine groups is 1. The second kappa shape index (κ2) is 7.49. The summed E-state index contributed by atoms with van der Waals surface area (Å²) in [4.78, 5) is 4.48. The van der Waals surface area contributed by atoms with E-state index in [1.807, 2.05) is 6.92 Å². The Morgan fingerprint density at radius 3 is 2.31 bits per heavy atom. The van der Waals surface area contributed by atoms with E-state index in [9.17, 15) is 0 Å². The molecule has 0 aromatic carbocycles. The van der Waals surface area contributed by atoms with E-state index >= 15 is 0 Å². The number of rotatable bonds is 4. The van der Waals surface area contributed by atoms with E-state index < -0.39 is 0 Å². The van der Waals surface area contributed by atoms with E-state index in [4.69, 9.17) is 5.84 Å². The lowest BCUT2D eigenvalue weighted by molar-refractivity contribution is 0.274. The topological polar surface area (TPSA) is 62.4 Å². The third kappa shape index (κ3) is 4.39. The zero-order chi connectivity index (χ0) is 11.8. The van der Waals surface area contributed by atoms with Crippen LogP contribution in [0.2, 0.25) is 0 Å². The van der Waals surface area contributed by atoms with Gasteiger partial charge in [0.15, 0.2) is 0 Å². The summed E-state index contributed by atoms with van der Waals surface area (Å²) in [6, 6.07) is 0. The van der Waals surface area contributed by atoms with Crippen molar-refractivity contribution in [2.24, 2.45) is 22.7 Å². The lowest BCUT2D eigenvalue weighted by atomic mass is 9.81. The van der Waals surface area contributed by atoms with Gasteiger partial charge >= 0.3 is 0 Å². The lowest BCUT2D eigenvalue weighted by Gasteiger charge is -2.26. The van der Waals surface area contributed by atoms with E-state index in [1.54, 1.807) is 0 Å². The summed E-state index contributed by atoms with van der Waals surface area (Å²) in [5.41, 5.74) is 2.60. The number of aliphatic imine (C=N–C) groups is 1. The molecule has 1 aliphatic rings. The van der Waals surface area contributed by atoms with Crippen molar-refractivity contribution in [1.29, 1.82) is 0 Å². The van der Waals surface area contributed by atoms with Gasteiger partial charge in [0, 0.05) is 13.1 Å². The Bertz CT molecular complexity index is 207. The molecule has 1 rings (SSSR count). The van der Waals surface area contributed by atoms with Gasteiger partial charge in [0.1, 0.15) is 0 Å². The lowest BCUT2D eigenvalue weighted by Crippen LogP contribution is -2.41. The van der Waals surface area contributed by atoms with E-state index in [-0.39, 0.29) is 0 Å². The third-order valence-corrected chi connectivity index (χ3v) is 3.53. The SMILES string of the molecule is CCNC(=NCC1CCC(CC)CC1)NN. The molecule has 1 saturated carbocycles. The molecule has 0 heterocycles. The van der Waals surface area contributed by atoms with Gasteiger partial charge in [-0.1, -0.05) is 26.2 Å². The summed E-state index contributed by atoms with van der Waals surface area (Å²) in [5.74, 6) is 7.81. The number of hydrogen-bond donors (Lipinski definition) is 3. The Morgan fingerprint density at radius 1 is 1.19 bits per heavy atom. The summed E-state index contributed by atoms with van der Waals surface area (Å²) in [5, 5.41) is 3.11. The van der Waals surface area contributed by atoms with Crippen LogP contribution in [0.4, 0.5) is 0 Å². The summed E-state index contributed by atoms with van der Waals surface area (Å²) < 4.78 is 0. The second-order valence-electron chi connectivity index (χ2n) is 4.66. The van der Waals surface area contributed by atoms with Gasteiger partial charge in [-0.05, 0) is 31.6 Å². The number of nitrogens with two attached hydrogens (primary N) is 1. The van der Waals surface area contributed by atoms with Crippen LogP contribution in [-0.4, -0.2) is 19.0 Å². The maximum atomic E-state index is 5.37. The van der Waals surface area contributed by atoms with Gasteiger partial charge < -0.3 is 5.32 Å². The Balaban J connectivity index is 2.27. The van der Waals surface area contributed by atoms with Crippen molar-refractivity contribution < 1.29 is 0 Å². The zero-order valence-corrected chi connectivity index (χ0v) is 10.6. The molecule has 0 atom stereocenters. The van der Waals surface area contributed by atoms with E-state index in [0.29, 0.717) is 0 Å². The van der Waals surface area contributed by atoms with Gasteiger partial charge in [-0.3, -0.25) is 10.4 Å². The van der Waals surface area contributed by atoms with Crippen molar-refractivity contribution in [2.45, 2.75) is 46.0 Å². The third-order valence-electron chi connectivity index (χ3n) is 3.53. The van der Waals surface area contributed by atoms with Crippen LogP contribution in [0, 0.1) is 11.8 Å². The molecule has 94 valence electrons. The minimum atomic E-state index is 0.722. The average Bonchev–Trinajstić information content (AvgIpc) is 2.35. The van der Waals surface area contributed by atoms with Gasteiger partial charge in [-0.25, -0.2) is 5.84 Å². The van der Waals surface area contributed by atoms with Crippen molar-refractivity contribution >= 4 is 5.96 Å². The van der Waals surface area contributed by atoms with Crippen LogP contribution in [0.15, 0.2) is 4.99 Å². The Morgan fingerprint density at radius 2 is 1.81 bits per heavy atom. The first-order chi connectivity index (χ1) is 7.80. The van der Waals surface area contributed by atoms with Crippen molar-refractivity contribution in [3.63, 3.8) is 0 Å². The molecule has 0 saturated heterocycles. The van der Waals surface area contributed by atoms with Crippen molar-refractivity contribution in [2.75, 3.05) is 13.1 Å². The fraction of sp³-hybridized carbons (Fsp3) is 0.917. The van der Waals surface area contributed by atoms with Gasteiger partial charge in [0.05, 0.1) is 0 Å². The van der Waals surface area contributed by atoms with E-state index in [0.717, 1.165) is 30.9 Å². The Labute approximate surface area is 99.1 Å². The standard InChI is InChI=1S/C12H26N4/c1-3-10-5-7-11(8-6-10)9-15-12(16-13)14-4-2/h10-11H,3-9,13H2,1-2H3,(H2,14,15,16). The Hall–Kier alpha value is -0.770. The predicted molar refractivity (Wildman–Crippen MR) is 69.0 cm³/mol.